The van der Waals surface area contributed by atoms with Gasteiger partial charge in [0.2, 0.25) is 0 Å². The van der Waals surface area contributed by atoms with E-state index in [0.717, 1.165) is 0 Å². The Bertz CT molecular complexity index is 324. The maximum absolute atomic E-state index is 9.16. The smallest absolute Gasteiger partial charge is 0.144 e. The Morgan fingerprint density at radius 3 is 2.93 bits per heavy atom. The first-order chi connectivity index (χ1) is 7.15. The minimum Gasteiger partial charge on any atom is -0.394 e. The zero-order valence-electron chi connectivity index (χ0n) is 8.34. The SMILES string of the molecule is Cc1nc(NN)cc(SCC(O)CO)n1. The first-order valence-corrected chi connectivity index (χ1v) is 5.38. The van der Waals surface area contributed by atoms with Gasteiger partial charge < -0.3 is 15.6 Å². The van der Waals surface area contributed by atoms with Crippen molar-refractivity contribution in [2.24, 2.45) is 5.84 Å². The van der Waals surface area contributed by atoms with Gasteiger partial charge in [0.1, 0.15) is 16.7 Å². The number of aromatic nitrogens is 2. The van der Waals surface area contributed by atoms with Crippen molar-refractivity contribution in [1.82, 2.24) is 9.97 Å². The molecule has 0 radical (unpaired) electrons. The van der Waals surface area contributed by atoms with Gasteiger partial charge in [-0.15, -0.1) is 11.8 Å². The molecule has 1 unspecified atom stereocenters. The minimum absolute atomic E-state index is 0.251. The lowest BCUT2D eigenvalue weighted by atomic mass is 10.4. The van der Waals surface area contributed by atoms with E-state index in [-0.39, 0.29) is 6.61 Å². The molecule has 1 rings (SSSR count). The number of nitrogens with zero attached hydrogens (tertiary/aromatic N) is 2. The highest BCUT2D eigenvalue weighted by atomic mass is 32.2. The number of nitrogens with two attached hydrogens (primary N) is 1. The summed E-state index contributed by atoms with van der Waals surface area (Å²) in [6.07, 6.45) is -0.737. The number of aryl methyl sites for hydroxylation is 1. The van der Waals surface area contributed by atoms with E-state index in [1.54, 1.807) is 13.0 Å². The lowest BCUT2D eigenvalue weighted by Gasteiger charge is -2.07. The van der Waals surface area contributed by atoms with Crippen LogP contribution in [-0.4, -0.2) is 38.6 Å². The molecule has 0 aliphatic heterocycles. The fourth-order valence-corrected chi connectivity index (χ4v) is 1.78. The van der Waals surface area contributed by atoms with Gasteiger partial charge in [-0.05, 0) is 6.92 Å². The molecule has 0 aliphatic rings. The predicted octanol–water partition coefficient (Wildman–Crippen LogP) is -0.484. The van der Waals surface area contributed by atoms with Crippen LogP contribution in [0.2, 0.25) is 0 Å². The molecule has 0 saturated carbocycles. The number of hydrazine groups is 1. The van der Waals surface area contributed by atoms with E-state index in [1.165, 1.54) is 11.8 Å². The van der Waals surface area contributed by atoms with Crippen LogP contribution in [0.1, 0.15) is 5.82 Å². The molecule has 6 nitrogen and oxygen atoms in total. The number of anilines is 1. The van der Waals surface area contributed by atoms with E-state index < -0.39 is 6.10 Å². The first kappa shape index (κ1) is 12.2. The summed E-state index contributed by atoms with van der Waals surface area (Å²) in [6.45, 7) is 1.51. The summed E-state index contributed by atoms with van der Waals surface area (Å²) in [5, 5.41) is 18.5. The summed E-state index contributed by atoms with van der Waals surface area (Å²) in [5.41, 5.74) is 2.43. The van der Waals surface area contributed by atoms with E-state index in [2.05, 4.69) is 15.4 Å². The largest absolute Gasteiger partial charge is 0.394 e. The van der Waals surface area contributed by atoms with Crippen molar-refractivity contribution < 1.29 is 10.2 Å². The third-order valence-corrected chi connectivity index (χ3v) is 2.65. The van der Waals surface area contributed by atoms with Crippen molar-refractivity contribution in [2.75, 3.05) is 17.8 Å². The standard InChI is InChI=1S/C8H14N4O2S/c1-5-10-7(12-9)2-8(11-5)15-4-6(14)3-13/h2,6,13-14H,3-4,9H2,1H3,(H,10,11,12). The number of nitrogen functional groups attached to an aromatic ring is 1. The van der Waals surface area contributed by atoms with Crippen LogP contribution >= 0.6 is 11.8 Å². The van der Waals surface area contributed by atoms with E-state index in [1.807, 2.05) is 0 Å². The summed E-state index contributed by atoms with van der Waals surface area (Å²) in [6, 6.07) is 1.68. The van der Waals surface area contributed by atoms with Crippen LogP contribution in [0.25, 0.3) is 0 Å². The number of aliphatic hydroxyl groups excluding tert-OH is 2. The molecule has 0 fully saturated rings. The Kier molecular flexibility index (Phi) is 4.76. The number of aliphatic hydroxyl groups is 2. The maximum atomic E-state index is 9.16. The fourth-order valence-electron chi connectivity index (χ4n) is 0.922. The van der Waals surface area contributed by atoms with Crippen LogP contribution in [0.4, 0.5) is 5.82 Å². The third kappa shape index (κ3) is 4.00. The van der Waals surface area contributed by atoms with E-state index >= 15 is 0 Å². The van der Waals surface area contributed by atoms with Gasteiger partial charge in [-0.2, -0.15) is 0 Å². The molecule has 0 amide bonds. The van der Waals surface area contributed by atoms with Crippen molar-refractivity contribution in [3.05, 3.63) is 11.9 Å². The van der Waals surface area contributed by atoms with E-state index in [0.29, 0.717) is 22.4 Å². The molecular weight excluding hydrogens is 216 g/mol. The fraction of sp³-hybridized carbons (Fsp3) is 0.500. The van der Waals surface area contributed by atoms with Crippen LogP contribution in [0.5, 0.6) is 0 Å². The topological polar surface area (TPSA) is 104 Å². The maximum Gasteiger partial charge on any atom is 0.144 e. The van der Waals surface area contributed by atoms with Crippen LogP contribution in [0, 0.1) is 6.92 Å². The normalized spacial score (nSPS) is 12.5. The zero-order chi connectivity index (χ0) is 11.3. The van der Waals surface area contributed by atoms with Gasteiger partial charge in [0.15, 0.2) is 0 Å². The number of hydrogen-bond donors (Lipinski definition) is 4. The summed E-state index contributed by atoms with van der Waals surface area (Å²) in [7, 11) is 0. The summed E-state index contributed by atoms with van der Waals surface area (Å²) in [4.78, 5) is 8.18. The van der Waals surface area contributed by atoms with Crippen molar-refractivity contribution in [2.45, 2.75) is 18.1 Å². The number of rotatable bonds is 5. The average Bonchev–Trinajstić information content (AvgIpc) is 2.25. The van der Waals surface area contributed by atoms with Crippen LogP contribution in [0.15, 0.2) is 11.1 Å². The summed E-state index contributed by atoms with van der Waals surface area (Å²) in [5.74, 6) is 6.75. The molecule has 15 heavy (non-hydrogen) atoms. The number of thioether (sulfide) groups is 1. The second-order valence-corrected chi connectivity index (χ2v) is 3.97. The molecule has 1 aromatic rings. The van der Waals surface area contributed by atoms with Crippen LogP contribution < -0.4 is 11.3 Å². The Morgan fingerprint density at radius 1 is 1.60 bits per heavy atom. The molecule has 1 atom stereocenters. The molecule has 0 spiro atoms. The molecule has 0 bridgehead atoms. The van der Waals surface area contributed by atoms with Gasteiger partial charge in [-0.3, -0.25) is 0 Å². The van der Waals surface area contributed by atoms with Gasteiger partial charge in [-0.1, -0.05) is 0 Å². The molecule has 1 heterocycles. The van der Waals surface area contributed by atoms with Crippen molar-refractivity contribution in [3.63, 3.8) is 0 Å². The van der Waals surface area contributed by atoms with Crippen LogP contribution in [-0.2, 0) is 0 Å². The molecule has 1 aromatic heterocycles. The first-order valence-electron chi connectivity index (χ1n) is 4.39. The van der Waals surface area contributed by atoms with Gasteiger partial charge >= 0.3 is 0 Å². The van der Waals surface area contributed by atoms with Gasteiger partial charge in [0, 0.05) is 11.8 Å². The third-order valence-electron chi connectivity index (χ3n) is 1.60. The van der Waals surface area contributed by atoms with Gasteiger partial charge in [0.05, 0.1) is 12.7 Å². The average molecular weight is 230 g/mol. The highest BCUT2D eigenvalue weighted by Gasteiger charge is 2.06. The van der Waals surface area contributed by atoms with Gasteiger partial charge in [0.25, 0.3) is 0 Å². The Balaban J connectivity index is 2.64. The zero-order valence-corrected chi connectivity index (χ0v) is 9.16. The second-order valence-electron chi connectivity index (χ2n) is 2.93. The summed E-state index contributed by atoms with van der Waals surface area (Å²) >= 11 is 1.34. The monoisotopic (exact) mass is 230 g/mol. The second kappa shape index (κ2) is 5.86. The highest BCUT2D eigenvalue weighted by Crippen LogP contribution is 2.18. The Labute approximate surface area is 91.9 Å². The molecule has 7 heteroatoms. The predicted molar refractivity (Wildman–Crippen MR) is 58.4 cm³/mol. The number of hydrogen-bond acceptors (Lipinski definition) is 7. The molecule has 0 aliphatic carbocycles. The highest BCUT2D eigenvalue weighted by molar-refractivity contribution is 7.99. The Morgan fingerprint density at radius 2 is 2.33 bits per heavy atom. The minimum atomic E-state index is -0.737. The molecule has 0 aromatic carbocycles. The van der Waals surface area contributed by atoms with Crippen LogP contribution in [0.3, 0.4) is 0 Å². The van der Waals surface area contributed by atoms with E-state index in [4.69, 9.17) is 16.1 Å². The number of nitrogens with one attached hydrogen (secondary N) is 1. The molecular formula is C8H14N4O2S. The van der Waals surface area contributed by atoms with E-state index in [9.17, 15) is 0 Å². The molecule has 0 saturated heterocycles. The van der Waals surface area contributed by atoms with Crippen molar-refractivity contribution in [3.8, 4) is 0 Å². The van der Waals surface area contributed by atoms with Crippen molar-refractivity contribution >= 4 is 17.6 Å². The molecule has 5 N–H and O–H groups in total. The lowest BCUT2D eigenvalue weighted by Crippen LogP contribution is -2.15. The van der Waals surface area contributed by atoms with Gasteiger partial charge in [-0.25, -0.2) is 15.8 Å². The van der Waals surface area contributed by atoms with Crippen molar-refractivity contribution in [1.29, 1.82) is 0 Å². The quantitative estimate of drug-likeness (QED) is 0.234. The lowest BCUT2D eigenvalue weighted by molar-refractivity contribution is 0.113. The summed E-state index contributed by atoms with van der Waals surface area (Å²) < 4.78 is 0. The Hall–Kier alpha value is -0.890. The molecule has 84 valence electrons.